The molecule has 0 aliphatic heterocycles. The number of rotatable bonds is 6. The van der Waals surface area contributed by atoms with Crippen LogP contribution >= 0.6 is 11.6 Å². The summed E-state index contributed by atoms with van der Waals surface area (Å²) >= 11 is 5.81. The van der Waals surface area contributed by atoms with E-state index in [-0.39, 0.29) is 0 Å². The van der Waals surface area contributed by atoms with Gasteiger partial charge in [0.2, 0.25) is 0 Å². The Morgan fingerprint density at radius 1 is 0.929 bits per heavy atom. The smallest absolute Gasteiger partial charge is 0.337 e. The van der Waals surface area contributed by atoms with Crippen LogP contribution in [0, 0.1) is 0 Å². The molecule has 0 unspecified atom stereocenters. The Morgan fingerprint density at radius 2 is 1.68 bits per heavy atom. The van der Waals surface area contributed by atoms with Crippen LogP contribution in [0.15, 0.2) is 54.6 Å². The highest BCUT2D eigenvalue weighted by molar-refractivity contribution is 6.30. The highest BCUT2D eigenvalue weighted by atomic mass is 35.5. The van der Waals surface area contributed by atoms with Crippen molar-refractivity contribution in [1.82, 2.24) is 15.6 Å². The molecule has 2 amide bonds. The molecule has 28 heavy (non-hydrogen) atoms. The first-order valence-corrected chi connectivity index (χ1v) is 8.61. The Labute approximate surface area is 166 Å². The summed E-state index contributed by atoms with van der Waals surface area (Å²) in [6, 6.07) is 15.2. The van der Waals surface area contributed by atoms with Gasteiger partial charge in [0, 0.05) is 16.3 Å². The van der Waals surface area contributed by atoms with E-state index < -0.39 is 6.03 Å². The fourth-order valence-electron chi connectivity index (χ4n) is 2.36. The first-order chi connectivity index (χ1) is 13.6. The molecular weight excluding hydrogens is 382 g/mol. The maximum absolute atomic E-state index is 11.9. The Balaban J connectivity index is 1.60. The Morgan fingerprint density at radius 3 is 2.32 bits per heavy atom. The number of hydrogen-bond acceptors (Lipinski definition) is 6. The maximum Gasteiger partial charge on any atom is 0.337 e. The van der Waals surface area contributed by atoms with Crippen LogP contribution in [0.1, 0.15) is 0 Å². The van der Waals surface area contributed by atoms with Crippen molar-refractivity contribution in [1.29, 1.82) is 0 Å². The third kappa shape index (κ3) is 4.80. The van der Waals surface area contributed by atoms with Crippen LogP contribution in [0.5, 0.6) is 11.5 Å². The van der Waals surface area contributed by atoms with Crippen molar-refractivity contribution < 1.29 is 14.3 Å². The summed E-state index contributed by atoms with van der Waals surface area (Å²) in [5.41, 5.74) is 7.26. The number of nitrogens with one attached hydrogen (secondary N) is 3. The lowest BCUT2D eigenvalue weighted by Gasteiger charge is -2.10. The van der Waals surface area contributed by atoms with Crippen LogP contribution in [0.2, 0.25) is 5.02 Å². The minimum absolute atomic E-state index is 0.385. The number of benzene rings is 2. The van der Waals surface area contributed by atoms with Gasteiger partial charge in [-0.2, -0.15) is 0 Å². The average Bonchev–Trinajstić information content (AvgIpc) is 2.73. The van der Waals surface area contributed by atoms with E-state index in [0.29, 0.717) is 33.7 Å². The van der Waals surface area contributed by atoms with Crippen molar-refractivity contribution in [2.45, 2.75) is 0 Å². The van der Waals surface area contributed by atoms with Gasteiger partial charge in [0.25, 0.3) is 0 Å². The quantitative estimate of drug-likeness (QED) is 0.543. The highest BCUT2D eigenvalue weighted by Gasteiger charge is 2.08. The zero-order chi connectivity index (χ0) is 19.9. The molecular formula is C19H18ClN5O3. The Bertz CT molecular complexity index is 949. The van der Waals surface area contributed by atoms with Crippen molar-refractivity contribution >= 4 is 29.1 Å². The van der Waals surface area contributed by atoms with Crippen LogP contribution < -0.4 is 25.6 Å². The van der Waals surface area contributed by atoms with Crippen molar-refractivity contribution in [2.24, 2.45) is 0 Å². The molecule has 0 bridgehead atoms. The SMILES string of the molecule is COc1ccc(-c2ccc(NNC(=O)Nc3ccc(Cl)cc3)nn2)cc1OC. The number of ether oxygens (including phenoxy) is 2. The minimum atomic E-state index is -0.451. The van der Waals surface area contributed by atoms with E-state index in [4.69, 9.17) is 21.1 Å². The number of hydrazine groups is 1. The van der Waals surface area contributed by atoms with E-state index in [1.165, 1.54) is 0 Å². The van der Waals surface area contributed by atoms with E-state index in [1.54, 1.807) is 56.7 Å². The van der Waals surface area contributed by atoms with Crippen molar-refractivity contribution in [3.63, 3.8) is 0 Å². The molecule has 0 aliphatic carbocycles. The van der Waals surface area contributed by atoms with Gasteiger partial charge >= 0.3 is 6.03 Å². The van der Waals surface area contributed by atoms with Gasteiger partial charge in [-0.1, -0.05) is 11.6 Å². The van der Waals surface area contributed by atoms with Gasteiger partial charge in [-0.25, -0.2) is 10.2 Å². The zero-order valence-corrected chi connectivity index (χ0v) is 15.9. The number of urea groups is 1. The van der Waals surface area contributed by atoms with Crippen LogP contribution in [0.3, 0.4) is 0 Å². The predicted molar refractivity (Wildman–Crippen MR) is 108 cm³/mol. The first kappa shape index (κ1) is 19.2. The molecule has 0 atom stereocenters. The van der Waals surface area contributed by atoms with Crippen LogP contribution in [-0.2, 0) is 0 Å². The Kier molecular flexibility index (Phi) is 6.13. The monoisotopic (exact) mass is 399 g/mol. The second-order valence-electron chi connectivity index (χ2n) is 5.58. The fourth-order valence-corrected chi connectivity index (χ4v) is 2.49. The summed E-state index contributed by atoms with van der Waals surface area (Å²) in [5.74, 6) is 1.62. The molecule has 0 radical (unpaired) electrons. The van der Waals surface area contributed by atoms with Crippen LogP contribution in [-0.4, -0.2) is 30.4 Å². The molecule has 2 aromatic carbocycles. The van der Waals surface area contributed by atoms with Gasteiger partial charge in [0.1, 0.15) is 0 Å². The second-order valence-corrected chi connectivity index (χ2v) is 6.02. The van der Waals surface area contributed by atoms with Crippen molar-refractivity contribution in [3.8, 4) is 22.8 Å². The zero-order valence-electron chi connectivity index (χ0n) is 15.2. The van der Waals surface area contributed by atoms with Crippen molar-refractivity contribution in [3.05, 3.63) is 59.6 Å². The molecule has 8 nitrogen and oxygen atoms in total. The number of amides is 2. The molecule has 0 saturated heterocycles. The standard InChI is InChI=1S/C19H18ClN5O3/c1-27-16-9-3-12(11-17(16)28-2)15-8-10-18(23-22-15)24-25-19(26)21-14-6-4-13(20)5-7-14/h3-11H,1-2H3,(H,23,24)(H2,21,25,26). The predicted octanol–water partition coefficient (Wildman–Crippen LogP) is 3.96. The van der Waals surface area contributed by atoms with Gasteiger partial charge in [-0.3, -0.25) is 5.43 Å². The fraction of sp³-hybridized carbons (Fsp3) is 0.105. The number of anilines is 2. The van der Waals surface area contributed by atoms with Gasteiger partial charge < -0.3 is 14.8 Å². The lowest BCUT2D eigenvalue weighted by atomic mass is 10.1. The molecule has 1 aromatic heterocycles. The van der Waals surface area contributed by atoms with Crippen LogP contribution in [0.25, 0.3) is 11.3 Å². The molecule has 0 saturated carbocycles. The van der Waals surface area contributed by atoms with E-state index in [1.807, 2.05) is 12.1 Å². The topological polar surface area (TPSA) is 97.4 Å². The largest absolute Gasteiger partial charge is 0.493 e. The summed E-state index contributed by atoms with van der Waals surface area (Å²) in [5, 5.41) is 11.5. The number of nitrogens with zero attached hydrogens (tertiary/aromatic N) is 2. The average molecular weight is 400 g/mol. The maximum atomic E-state index is 11.9. The van der Waals surface area contributed by atoms with Gasteiger partial charge in [-0.05, 0) is 54.6 Å². The molecule has 0 aliphatic rings. The van der Waals surface area contributed by atoms with E-state index >= 15 is 0 Å². The third-order valence-corrected chi connectivity index (χ3v) is 4.00. The molecule has 144 valence electrons. The molecule has 0 fully saturated rings. The summed E-state index contributed by atoms with van der Waals surface area (Å²) in [6.07, 6.45) is 0. The lowest BCUT2D eigenvalue weighted by Crippen LogP contribution is -2.33. The molecule has 3 N–H and O–H groups in total. The lowest BCUT2D eigenvalue weighted by molar-refractivity contribution is 0.254. The first-order valence-electron chi connectivity index (χ1n) is 8.24. The normalized spacial score (nSPS) is 10.1. The highest BCUT2D eigenvalue weighted by Crippen LogP contribution is 2.31. The van der Waals surface area contributed by atoms with E-state index in [2.05, 4.69) is 26.4 Å². The number of methoxy groups -OCH3 is 2. The summed E-state index contributed by atoms with van der Waals surface area (Å²) in [7, 11) is 3.15. The number of halogens is 1. The third-order valence-electron chi connectivity index (χ3n) is 3.75. The number of carbonyl (C=O) groups is 1. The molecule has 1 heterocycles. The van der Waals surface area contributed by atoms with Crippen molar-refractivity contribution in [2.75, 3.05) is 25.0 Å². The van der Waals surface area contributed by atoms with E-state index in [9.17, 15) is 4.79 Å². The summed E-state index contributed by atoms with van der Waals surface area (Å²) < 4.78 is 10.5. The molecule has 9 heteroatoms. The summed E-state index contributed by atoms with van der Waals surface area (Å²) in [4.78, 5) is 11.9. The van der Waals surface area contributed by atoms with Gasteiger partial charge in [-0.15, -0.1) is 10.2 Å². The number of carbonyl (C=O) groups excluding carboxylic acids is 1. The van der Waals surface area contributed by atoms with Gasteiger partial charge in [0.15, 0.2) is 17.3 Å². The number of aromatic nitrogens is 2. The van der Waals surface area contributed by atoms with Crippen LogP contribution in [0.4, 0.5) is 16.3 Å². The second kappa shape index (κ2) is 8.92. The van der Waals surface area contributed by atoms with Gasteiger partial charge in [0.05, 0.1) is 19.9 Å². The molecule has 0 spiro atoms. The summed E-state index contributed by atoms with van der Waals surface area (Å²) in [6.45, 7) is 0. The number of hydrogen-bond donors (Lipinski definition) is 3. The molecule has 3 rings (SSSR count). The minimum Gasteiger partial charge on any atom is -0.493 e. The Hall–Kier alpha value is -3.52. The molecule has 3 aromatic rings. The van der Waals surface area contributed by atoms with E-state index in [0.717, 1.165) is 5.56 Å².